The summed E-state index contributed by atoms with van der Waals surface area (Å²) in [4.78, 5) is 11.8. The van der Waals surface area contributed by atoms with Crippen LogP contribution in [0.25, 0.3) is 0 Å². The van der Waals surface area contributed by atoms with E-state index in [1.807, 2.05) is 0 Å². The number of ether oxygens (including phenoxy) is 1. The van der Waals surface area contributed by atoms with Gasteiger partial charge in [0, 0.05) is 12.5 Å². The molecule has 0 aliphatic heterocycles. The first-order valence-electron chi connectivity index (χ1n) is 6.93. The van der Waals surface area contributed by atoms with E-state index in [1.54, 1.807) is 0 Å². The van der Waals surface area contributed by atoms with Gasteiger partial charge in [0.15, 0.2) is 9.84 Å². The van der Waals surface area contributed by atoms with Crippen molar-refractivity contribution in [2.45, 2.75) is 11.3 Å². The number of methoxy groups -OCH3 is 1. The summed E-state index contributed by atoms with van der Waals surface area (Å²) in [6, 6.07) is 8.45. The van der Waals surface area contributed by atoms with Crippen molar-refractivity contribution in [1.82, 2.24) is 0 Å². The molecule has 24 heavy (non-hydrogen) atoms. The van der Waals surface area contributed by atoms with Crippen molar-refractivity contribution < 1.29 is 26.7 Å². The zero-order valence-corrected chi connectivity index (χ0v) is 13.6. The molecule has 0 atom stereocenters. The van der Waals surface area contributed by atoms with Gasteiger partial charge in [-0.2, -0.15) is 0 Å². The number of hydrogen-bond donors (Lipinski definition) is 1. The molecule has 5 nitrogen and oxygen atoms in total. The van der Waals surface area contributed by atoms with E-state index < -0.39 is 33.1 Å². The summed E-state index contributed by atoms with van der Waals surface area (Å²) in [5, 5.41) is 2.21. The molecule has 0 heterocycles. The van der Waals surface area contributed by atoms with Crippen LogP contribution in [0.1, 0.15) is 6.42 Å². The maximum absolute atomic E-state index is 13.4. The Bertz CT molecular complexity index is 836. The molecular formula is C16H15F2NO4S. The molecule has 0 aliphatic rings. The number of sulfone groups is 1. The highest BCUT2D eigenvalue weighted by atomic mass is 32.2. The highest BCUT2D eigenvalue weighted by Crippen LogP contribution is 2.18. The van der Waals surface area contributed by atoms with Crippen LogP contribution in [-0.2, 0) is 14.6 Å². The molecule has 0 aliphatic carbocycles. The van der Waals surface area contributed by atoms with Crippen LogP contribution in [0.5, 0.6) is 5.75 Å². The van der Waals surface area contributed by atoms with Crippen LogP contribution in [0.3, 0.4) is 0 Å². The normalized spacial score (nSPS) is 11.1. The average Bonchev–Trinajstić information content (AvgIpc) is 2.56. The summed E-state index contributed by atoms with van der Waals surface area (Å²) in [6.45, 7) is 0. The Hall–Kier alpha value is -2.48. The molecule has 1 N–H and O–H groups in total. The van der Waals surface area contributed by atoms with Crippen molar-refractivity contribution in [2.75, 3.05) is 18.2 Å². The fourth-order valence-electron chi connectivity index (χ4n) is 1.93. The Morgan fingerprint density at radius 1 is 1.12 bits per heavy atom. The summed E-state index contributed by atoms with van der Waals surface area (Å²) < 4.78 is 55.5. The van der Waals surface area contributed by atoms with Gasteiger partial charge in [0.05, 0.1) is 23.4 Å². The lowest BCUT2D eigenvalue weighted by Gasteiger charge is -2.08. The van der Waals surface area contributed by atoms with E-state index in [2.05, 4.69) is 5.32 Å². The van der Waals surface area contributed by atoms with Gasteiger partial charge in [0.2, 0.25) is 5.91 Å². The first-order chi connectivity index (χ1) is 11.3. The first-order valence-corrected chi connectivity index (χ1v) is 8.59. The summed E-state index contributed by atoms with van der Waals surface area (Å²) in [5.74, 6) is -2.31. The van der Waals surface area contributed by atoms with Crippen LogP contribution < -0.4 is 10.1 Å². The van der Waals surface area contributed by atoms with E-state index in [9.17, 15) is 22.0 Å². The summed E-state index contributed by atoms with van der Waals surface area (Å²) in [6.07, 6.45) is -0.356. The second-order valence-electron chi connectivity index (χ2n) is 4.92. The molecule has 0 fully saturated rings. The second-order valence-corrected chi connectivity index (χ2v) is 7.03. The molecule has 0 spiro atoms. The molecule has 2 aromatic rings. The van der Waals surface area contributed by atoms with Gasteiger partial charge in [-0.1, -0.05) is 0 Å². The zero-order valence-electron chi connectivity index (χ0n) is 12.8. The standard InChI is InChI=1S/C16H15F2NO4S/c1-23-12-3-5-13(6-4-12)24(21,22)9-8-16(20)19-15-7-2-11(17)10-14(15)18/h2-7,10H,8-9H2,1H3,(H,19,20). The molecule has 0 saturated heterocycles. The minimum atomic E-state index is -3.66. The van der Waals surface area contributed by atoms with E-state index in [0.29, 0.717) is 11.8 Å². The maximum atomic E-state index is 13.4. The minimum Gasteiger partial charge on any atom is -0.497 e. The quantitative estimate of drug-likeness (QED) is 0.865. The lowest BCUT2D eigenvalue weighted by Crippen LogP contribution is -2.18. The summed E-state index contributed by atoms with van der Waals surface area (Å²) in [7, 11) is -2.20. The third-order valence-electron chi connectivity index (χ3n) is 3.22. The largest absolute Gasteiger partial charge is 0.497 e. The average molecular weight is 355 g/mol. The second kappa shape index (κ2) is 7.39. The van der Waals surface area contributed by atoms with Crippen molar-refractivity contribution in [3.8, 4) is 5.75 Å². The fourth-order valence-corrected chi connectivity index (χ4v) is 3.17. The van der Waals surface area contributed by atoms with E-state index in [-0.39, 0.29) is 17.0 Å². The van der Waals surface area contributed by atoms with Crippen LogP contribution in [0.15, 0.2) is 47.4 Å². The number of carbonyl (C=O) groups is 1. The lowest BCUT2D eigenvalue weighted by molar-refractivity contribution is -0.115. The van der Waals surface area contributed by atoms with Gasteiger partial charge < -0.3 is 10.1 Å². The van der Waals surface area contributed by atoms with Crippen molar-refractivity contribution >= 4 is 21.4 Å². The van der Waals surface area contributed by atoms with Gasteiger partial charge in [-0.15, -0.1) is 0 Å². The van der Waals surface area contributed by atoms with Crippen LogP contribution >= 0.6 is 0 Å². The van der Waals surface area contributed by atoms with Crippen LogP contribution in [0, 0.1) is 11.6 Å². The van der Waals surface area contributed by atoms with Crippen LogP contribution in [-0.4, -0.2) is 27.2 Å². The highest BCUT2D eigenvalue weighted by molar-refractivity contribution is 7.91. The first kappa shape index (κ1) is 17.9. The zero-order chi connectivity index (χ0) is 17.7. The predicted molar refractivity (Wildman–Crippen MR) is 84.7 cm³/mol. The number of benzene rings is 2. The Morgan fingerprint density at radius 3 is 2.38 bits per heavy atom. The molecule has 1 amide bonds. The van der Waals surface area contributed by atoms with E-state index in [1.165, 1.54) is 31.4 Å². The number of hydrogen-bond acceptors (Lipinski definition) is 4. The molecule has 0 radical (unpaired) electrons. The van der Waals surface area contributed by atoms with Gasteiger partial charge >= 0.3 is 0 Å². The highest BCUT2D eigenvalue weighted by Gasteiger charge is 2.17. The predicted octanol–water partition coefficient (Wildman–Crippen LogP) is 2.78. The van der Waals surface area contributed by atoms with E-state index in [0.717, 1.165) is 12.1 Å². The van der Waals surface area contributed by atoms with Crippen LogP contribution in [0.2, 0.25) is 0 Å². The number of halogens is 2. The molecule has 128 valence electrons. The van der Waals surface area contributed by atoms with Crippen LogP contribution in [0.4, 0.5) is 14.5 Å². The van der Waals surface area contributed by atoms with Crippen molar-refractivity contribution in [1.29, 1.82) is 0 Å². The van der Waals surface area contributed by atoms with Crippen molar-refractivity contribution in [2.24, 2.45) is 0 Å². The maximum Gasteiger partial charge on any atom is 0.225 e. The van der Waals surface area contributed by atoms with Gasteiger partial charge in [0.25, 0.3) is 0 Å². The van der Waals surface area contributed by atoms with Gasteiger partial charge in [-0.3, -0.25) is 4.79 Å². The molecule has 2 aromatic carbocycles. The topological polar surface area (TPSA) is 72.5 Å². The van der Waals surface area contributed by atoms with Crippen molar-refractivity contribution in [3.63, 3.8) is 0 Å². The third-order valence-corrected chi connectivity index (χ3v) is 4.95. The summed E-state index contributed by atoms with van der Waals surface area (Å²) in [5.41, 5.74) is -0.205. The number of anilines is 1. The Labute approximate surface area is 138 Å². The fraction of sp³-hybridized carbons (Fsp3) is 0.188. The molecule has 8 heteroatoms. The molecule has 0 saturated carbocycles. The molecule has 0 unspecified atom stereocenters. The number of amides is 1. The van der Waals surface area contributed by atoms with Crippen molar-refractivity contribution in [3.05, 3.63) is 54.1 Å². The smallest absolute Gasteiger partial charge is 0.225 e. The van der Waals surface area contributed by atoms with Gasteiger partial charge in [-0.05, 0) is 36.4 Å². The summed E-state index contributed by atoms with van der Waals surface area (Å²) >= 11 is 0. The van der Waals surface area contributed by atoms with Gasteiger partial charge in [-0.25, -0.2) is 17.2 Å². The third kappa shape index (κ3) is 4.51. The molecule has 0 aromatic heterocycles. The number of carbonyl (C=O) groups excluding carboxylic acids is 1. The van der Waals surface area contributed by atoms with E-state index >= 15 is 0 Å². The Kier molecular flexibility index (Phi) is 5.50. The molecule has 0 bridgehead atoms. The number of rotatable bonds is 6. The van der Waals surface area contributed by atoms with Gasteiger partial charge in [0.1, 0.15) is 17.4 Å². The lowest BCUT2D eigenvalue weighted by atomic mass is 10.3. The Morgan fingerprint density at radius 2 is 1.79 bits per heavy atom. The minimum absolute atomic E-state index is 0.0593. The molecule has 2 rings (SSSR count). The molecular weight excluding hydrogens is 340 g/mol. The van der Waals surface area contributed by atoms with E-state index in [4.69, 9.17) is 4.74 Å². The number of nitrogens with one attached hydrogen (secondary N) is 1. The SMILES string of the molecule is COc1ccc(S(=O)(=O)CCC(=O)Nc2ccc(F)cc2F)cc1. The Balaban J connectivity index is 1.99. The monoisotopic (exact) mass is 355 g/mol.